The second-order valence-electron chi connectivity index (χ2n) is 7.58. The maximum Gasteiger partial charge on any atom is 0.279 e. The first kappa shape index (κ1) is 22.1. The van der Waals surface area contributed by atoms with E-state index < -0.39 is 32.3 Å². The van der Waals surface area contributed by atoms with Gasteiger partial charge in [-0.3, -0.25) is 15.2 Å². The van der Waals surface area contributed by atoms with Crippen molar-refractivity contribution in [3.05, 3.63) is 35.4 Å². The monoisotopic (exact) mass is 428 g/mol. The van der Waals surface area contributed by atoms with Gasteiger partial charge in [0.05, 0.1) is 30.5 Å². The maximum atomic E-state index is 13.1. The zero-order valence-corrected chi connectivity index (χ0v) is 17.3. The normalized spacial score (nSPS) is 24.4. The van der Waals surface area contributed by atoms with E-state index in [0.29, 0.717) is 32.5 Å². The van der Waals surface area contributed by atoms with Crippen LogP contribution in [0, 0.1) is 12.8 Å². The number of aryl methyl sites for hydroxylation is 1. The van der Waals surface area contributed by atoms with E-state index in [0.717, 1.165) is 11.1 Å². The van der Waals surface area contributed by atoms with E-state index in [9.17, 15) is 13.2 Å². The van der Waals surface area contributed by atoms with Gasteiger partial charge in [-0.2, -0.15) is 0 Å². The summed E-state index contributed by atoms with van der Waals surface area (Å²) in [5.41, 5.74) is 2.25. The number of hydroxylamine groups is 2. The van der Waals surface area contributed by atoms with Crippen molar-refractivity contribution in [2.45, 2.75) is 44.1 Å². The minimum absolute atomic E-state index is 0.0283. The summed E-state index contributed by atoms with van der Waals surface area (Å²) in [6.45, 7) is 3.17. The summed E-state index contributed by atoms with van der Waals surface area (Å²) >= 11 is 0. The van der Waals surface area contributed by atoms with Crippen LogP contribution in [0.1, 0.15) is 30.4 Å². The topological polar surface area (TPSA) is 117 Å². The number of nitrogens with zero attached hydrogens (tertiary/aromatic N) is 2. The number of rotatable bonds is 6. The molecule has 0 spiro atoms. The molecule has 3 rings (SSSR count). The predicted octanol–water partition coefficient (Wildman–Crippen LogP) is 1.32. The molecule has 2 N–H and O–H groups in total. The average molecular weight is 429 g/mol. The lowest BCUT2D eigenvalue weighted by Gasteiger charge is -2.37. The molecular formula is C19H28N2O7S. The number of amides is 1. The molecule has 1 amide bonds. The van der Waals surface area contributed by atoms with Gasteiger partial charge >= 0.3 is 0 Å². The number of piperidine rings is 1. The number of ether oxygens (including phenoxy) is 2. The third-order valence-electron chi connectivity index (χ3n) is 5.52. The minimum Gasteiger partial charge on any atom is -0.381 e. The molecule has 2 fully saturated rings. The smallest absolute Gasteiger partial charge is 0.279 e. The van der Waals surface area contributed by atoms with Crippen molar-refractivity contribution < 1.29 is 33.1 Å². The Morgan fingerprint density at radius 2 is 2.00 bits per heavy atom. The van der Waals surface area contributed by atoms with Gasteiger partial charge in [0, 0.05) is 19.7 Å². The van der Waals surface area contributed by atoms with E-state index in [2.05, 4.69) is 6.07 Å². The summed E-state index contributed by atoms with van der Waals surface area (Å²) in [5, 5.41) is 16.5. The van der Waals surface area contributed by atoms with Gasteiger partial charge < -0.3 is 9.47 Å². The predicted molar refractivity (Wildman–Crippen MR) is 103 cm³/mol. The van der Waals surface area contributed by atoms with Crippen LogP contribution in [0.4, 0.5) is 0 Å². The Bertz CT molecular complexity index is 807. The average Bonchev–Trinajstić information content (AvgIpc) is 2.72. The first-order chi connectivity index (χ1) is 13.8. The van der Waals surface area contributed by atoms with Crippen molar-refractivity contribution in [3.8, 4) is 0 Å². The number of carbonyl (C=O) groups is 1. The molecular weight excluding hydrogens is 400 g/mol. The summed E-state index contributed by atoms with van der Waals surface area (Å²) in [5.74, 6) is -2.21. The van der Waals surface area contributed by atoms with Crippen molar-refractivity contribution in [3.63, 3.8) is 0 Å². The lowest BCUT2D eigenvalue weighted by atomic mass is 10.0. The summed E-state index contributed by atoms with van der Waals surface area (Å²) in [6, 6.07) is 8.07. The van der Waals surface area contributed by atoms with Crippen LogP contribution in [-0.4, -0.2) is 71.9 Å². The van der Waals surface area contributed by atoms with E-state index in [1.165, 1.54) is 4.31 Å². The maximum absolute atomic E-state index is 13.1. The van der Waals surface area contributed by atoms with E-state index in [4.69, 9.17) is 19.9 Å². The van der Waals surface area contributed by atoms with Gasteiger partial charge in [-0.25, -0.2) is 12.7 Å². The van der Waals surface area contributed by atoms with Crippen molar-refractivity contribution in [1.82, 2.24) is 9.53 Å². The largest absolute Gasteiger partial charge is 0.381 e. The Morgan fingerprint density at radius 3 is 2.66 bits per heavy atom. The fourth-order valence-corrected chi connectivity index (χ4v) is 6.02. The Morgan fingerprint density at radius 1 is 1.28 bits per heavy atom. The third-order valence-corrected chi connectivity index (χ3v) is 7.93. The number of carbonyl (C=O) groups excluding carboxylic acids is 1. The van der Waals surface area contributed by atoms with Crippen LogP contribution in [0.2, 0.25) is 0 Å². The van der Waals surface area contributed by atoms with Gasteiger partial charge in [-0.05, 0) is 31.7 Å². The van der Waals surface area contributed by atoms with Gasteiger partial charge in [0.25, 0.3) is 5.91 Å². The lowest BCUT2D eigenvalue weighted by molar-refractivity contribution is -0.289. The standard InChI is InChI=1S/C19H28N2O7S/c1-14-3-2-4-15(11-14)12-28-16-5-8-20(9-6-16)29(25,26)18-7-10-27-13-17(18)19(22)21(23)24/h2-4,11,16-18,23-24H,5-10,12-13H2,1H3. The molecule has 2 aliphatic heterocycles. The number of benzene rings is 1. The molecule has 29 heavy (non-hydrogen) atoms. The fraction of sp³-hybridized carbons (Fsp3) is 0.632. The molecule has 0 aromatic heterocycles. The Labute approximate surface area is 170 Å². The van der Waals surface area contributed by atoms with Crippen molar-refractivity contribution in [2.24, 2.45) is 5.92 Å². The first-order valence-electron chi connectivity index (χ1n) is 9.74. The number of sulfonamides is 1. The van der Waals surface area contributed by atoms with Gasteiger partial charge in [0.2, 0.25) is 10.0 Å². The van der Waals surface area contributed by atoms with Crippen LogP contribution in [0.15, 0.2) is 24.3 Å². The molecule has 0 aliphatic carbocycles. The highest BCUT2D eigenvalue weighted by Crippen LogP contribution is 2.29. The molecule has 9 nitrogen and oxygen atoms in total. The van der Waals surface area contributed by atoms with Crippen LogP contribution in [0.3, 0.4) is 0 Å². The molecule has 0 radical (unpaired) electrons. The molecule has 162 valence electrons. The second-order valence-corrected chi connectivity index (χ2v) is 9.73. The Hall–Kier alpha value is -1.56. The van der Waals surface area contributed by atoms with Crippen LogP contribution in [0.25, 0.3) is 0 Å². The van der Waals surface area contributed by atoms with Gasteiger partial charge in [0.15, 0.2) is 0 Å². The molecule has 2 heterocycles. The van der Waals surface area contributed by atoms with Crippen LogP contribution < -0.4 is 0 Å². The van der Waals surface area contributed by atoms with Crippen molar-refractivity contribution in [2.75, 3.05) is 26.3 Å². The van der Waals surface area contributed by atoms with E-state index in [1.807, 2.05) is 25.1 Å². The molecule has 10 heteroatoms. The SMILES string of the molecule is Cc1cccc(COC2CCN(S(=O)(=O)C3CCOCC3C(=O)N(O)O)CC2)c1. The zero-order valence-electron chi connectivity index (χ0n) is 16.4. The molecule has 2 saturated heterocycles. The van der Waals surface area contributed by atoms with Gasteiger partial charge in [-0.15, -0.1) is 0 Å². The van der Waals surface area contributed by atoms with Crippen LogP contribution in [-0.2, 0) is 30.9 Å². The fourth-order valence-electron chi connectivity index (χ4n) is 3.91. The molecule has 1 aromatic carbocycles. The van der Waals surface area contributed by atoms with E-state index >= 15 is 0 Å². The highest BCUT2D eigenvalue weighted by Gasteiger charge is 2.45. The lowest BCUT2D eigenvalue weighted by Crippen LogP contribution is -2.53. The van der Waals surface area contributed by atoms with Crippen molar-refractivity contribution in [1.29, 1.82) is 0 Å². The van der Waals surface area contributed by atoms with E-state index in [1.54, 1.807) is 0 Å². The van der Waals surface area contributed by atoms with E-state index in [-0.39, 0.29) is 25.7 Å². The molecule has 2 aliphatic rings. The molecule has 1 aromatic rings. The van der Waals surface area contributed by atoms with Crippen LogP contribution >= 0.6 is 0 Å². The zero-order chi connectivity index (χ0) is 21.0. The second kappa shape index (κ2) is 9.50. The first-order valence-corrected chi connectivity index (χ1v) is 11.2. The number of hydrogen-bond donors (Lipinski definition) is 2. The highest BCUT2D eigenvalue weighted by atomic mass is 32.2. The molecule has 0 saturated carbocycles. The minimum atomic E-state index is -3.78. The summed E-state index contributed by atoms with van der Waals surface area (Å²) in [6.07, 6.45) is 1.24. The molecule has 2 unspecified atom stereocenters. The highest BCUT2D eigenvalue weighted by molar-refractivity contribution is 7.89. The number of hydrogen-bond acceptors (Lipinski definition) is 7. The summed E-state index contributed by atoms with van der Waals surface area (Å²) < 4.78 is 38.7. The van der Waals surface area contributed by atoms with Gasteiger partial charge in [0.1, 0.15) is 0 Å². The summed E-state index contributed by atoms with van der Waals surface area (Å²) in [7, 11) is -3.78. The van der Waals surface area contributed by atoms with Crippen LogP contribution in [0.5, 0.6) is 0 Å². The Balaban J connectivity index is 1.57. The van der Waals surface area contributed by atoms with Gasteiger partial charge in [-0.1, -0.05) is 35.1 Å². The summed E-state index contributed by atoms with van der Waals surface area (Å²) in [4.78, 5) is 12.0. The quantitative estimate of drug-likeness (QED) is 0.518. The Kier molecular flexibility index (Phi) is 7.25. The van der Waals surface area contributed by atoms with Crippen molar-refractivity contribution >= 4 is 15.9 Å². The molecule has 0 bridgehead atoms. The third kappa shape index (κ3) is 5.33. The molecule has 2 atom stereocenters.